The van der Waals surface area contributed by atoms with Crippen LogP contribution in [0.15, 0.2) is 0 Å². The molecule has 0 N–H and O–H groups in total. The minimum absolute atomic E-state index is 0.0946. The predicted molar refractivity (Wildman–Crippen MR) is 58.8 cm³/mol. The van der Waals surface area contributed by atoms with Gasteiger partial charge in [-0.1, -0.05) is 6.92 Å². The van der Waals surface area contributed by atoms with Crippen LogP contribution >= 0.6 is 12.0 Å². The number of esters is 2. The Labute approximate surface area is 121 Å². The van der Waals surface area contributed by atoms with Gasteiger partial charge >= 0.3 is 17.2 Å². The fourth-order valence-corrected chi connectivity index (χ4v) is 3.96. The second-order valence-electron chi connectivity index (χ2n) is 5.80. The Morgan fingerprint density at radius 2 is 2.24 bits per heavy atom. The molecule has 0 radical (unpaired) electrons. The Morgan fingerprint density at radius 3 is 2.90 bits per heavy atom. The SMILES string of the molecule is CC12CC3C(=O)OC(C3C1)C2OC(=O)C(F)(F)SOO[O-]. The molecule has 1 saturated heterocycles. The van der Waals surface area contributed by atoms with E-state index < -0.39 is 40.9 Å². The molecule has 1 heterocycles. The van der Waals surface area contributed by atoms with E-state index in [1.54, 1.807) is 6.92 Å². The van der Waals surface area contributed by atoms with Gasteiger partial charge < -0.3 is 14.7 Å². The van der Waals surface area contributed by atoms with E-state index in [-0.39, 0.29) is 17.8 Å². The molecule has 3 fully saturated rings. The molecule has 21 heavy (non-hydrogen) atoms. The average molecular weight is 325 g/mol. The lowest BCUT2D eigenvalue weighted by Crippen LogP contribution is -2.44. The first-order valence-corrected chi connectivity index (χ1v) is 6.96. The van der Waals surface area contributed by atoms with Crippen molar-refractivity contribution in [3.05, 3.63) is 0 Å². The van der Waals surface area contributed by atoms with E-state index >= 15 is 0 Å². The third-order valence-corrected chi connectivity index (χ3v) is 5.01. The first-order chi connectivity index (χ1) is 9.78. The molecular formula is C11H11F2O7S-. The molecule has 3 rings (SSSR count). The van der Waals surface area contributed by atoms with Crippen molar-refractivity contribution in [2.75, 3.05) is 0 Å². The molecule has 10 heteroatoms. The Bertz CT molecular complexity index is 487. The third-order valence-electron chi connectivity index (χ3n) is 4.51. The highest BCUT2D eigenvalue weighted by atomic mass is 32.2. The number of alkyl halides is 2. The Balaban J connectivity index is 1.71. The van der Waals surface area contributed by atoms with Crippen LogP contribution in [0.4, 0.5) is 8.78 Å². The van der Waals surface area contributed by atoms with E-state index in [0.29, 0.717) is 12.8 Å². The second-order valence-corrected chi connectivity index (χ2v) is 6.61. The highest BCUT2D eigenvalue weighted by molar-refractivity contribution is 7.96. The smallest absolute Gasteiger partial charge is 0.415 e. The maximum absolute atomic E-state index is 13.4. The summed E-state index contributed by atoms with van der Waals surface area (Å²) in [6, 6.07) is 0. The van der Waals surface area contributed by atoms with Crippen molar-refractivity contribution in [2.45, 2.75) is 37.2 Å². The molecule has 0 amide bonds. The quantitative estimate of drug-likeness (QED) is 0.309. The molecule has 0 aromatic heterocycles. The molecule has 2 bridgehead atoms. The zero-order chi connectivity index (χ0) is 15.4. The highest BCUT2D eigenvalue weighted by Crippen LogP contribution is 2.62. The van der Waals surface area contributed by atoms with Gasteiger partial charge in [0.15, 0.2) is 0 Å². The topological polar surface area (TPSA) is 94.1 Å². The van der Waals surface area contributed by atoms with E-state index in [9.17, 15) is 23.6 Å². The van der Waals surface area contributed by atoms with Crippen LogP contribution in [0.2, 0.25) is 0 Å². The summed E-state index contributed by atoms with van der Waals surface area (Å²) in [6.45, 7) is 1.78. The molecule has 0 aromatic rings. The number of hydrogen-bond acceptors (Lipinski definition) is 8. The number of rotatable bonds is 5. The lowest BCUT2D eigenvalue weighted by atomic mass is 9.79. The summed E-state index contributed by atoms with van der Waals surface area (Å²) < 4.78 is 40.2. The van der Waals surface area contributed by atoms with Crippen LogP contribution in [0.25, 0.3) is 0 Å². The van der Waals surface area contributed by atoms with Crippen LogP contribution in [-0.4, -0.2) is 29.4 Å². The van der Waals surface area contributed by atoms with Crippen molar-refractivity contribution < 1.29 is 42.5 Å². The molecule has 2 saturated carbocycles. The van der Waals surface area contributed by atoms with Crippen LogP contribution in [0.5, 0.6) is 0 Å². The minimum Gasteiger partial charge on any atom is -0.691 e. The number of carbonyl (C=O) groups excluding carboxylic acids is 2. The van der Waals surface area contributed by atoms with Gasteiger partial charge in [0, 0.05) is 11.3 Å². The lowest BCUT2D eigenvalue weighted by Gasteiger charge is -2.33. The maximum Gasteiger partial charge on any atom is 0.415 e. The molecule has 118 valence electrons. The van der Waals surface area contributed by atoms with Crippen LogP contribution in [0, 0.1) is 17.3 Å². The van der Waals surface area contributed by atoms with Gasteiger partial charge in [-0.2, -0.15) is 13.1 Å². The monoisotopic (exact) mass is 325 g/mol. The molecule has 0 aromatic carbocycles. The van der Waals surface area contributed by atoms with E-state index in [2.05, 4.69) is 9.37 Å². The first kappa shape index (κ1) is 14.9. The number of ether oxygens (including phenoxy) is 2. The fourth-order valence-electron chi connectivity index (χ4n) is 3.73. The van der Waals surface area contributed by atoms with E-state index in [4.69, 9.17) is 9.47 Å². The number of halogens is 2. The Hall–Kier alpha value is -0.970. The van der Waals surface area contributed by atoms with Crippen molar-refractivity contribution >= 4 is 24.0 Å². The van der Waals surface area contributed by atoms with Crippen LogP contribution in [-0.2, 0) is 28.4 Å². The summed E-state index contributed by atoms with van der Waals surface area (Å²) in [5.74, 6) is -2.55. The van der Waals surface area contributed by atoms with Crippen molar-refractivity contribution in [1.82, 2.24) is 0 Å². The van der Waals surface area contributed by atoms with Crippen molar-refractivity contribution in [2.24, 2.45) is 17.3 Å². The maximum atomic E-state index is 13.4. The standard InChI is InChI=1S/C11H12F2O7S/c1-10-2-4-5(3-10)8(14)17-6(4)7(10)18-9(15)11(12,13)21-20-19-16/h4-7,16H,2-3H2,1H3/p-1. The van der Waals surface area contributed by atoms with Gasteiger partial charge in [-0.15, -0.1) is 0 Å². The van der Waals surface area contributed by atoms with Gasteiger partial charge in [0.1, 0.15) is 24.3 Å². The second kappa shape index (κ2) is 4.77. The molecule has 2 aliphatic carbocycles. The normalized spacial score (nSPS) is 40.5. The number of hydrogen-bond donors (Lipinski definition) is 0. The van der Waals surface area contributed by atoms with Gasteiger partial charge in [-0.25, -0.2) is 4.79 Å². The molecule has 1 aliphatic heterocycles. The van der Waals surface area contributed by atoms with Crippen LogP contribution in [0.3, 0.4) is 0 Å². The number of carbonyl (C=O) groups is 2. The summed E-state index contributed by atoms with van der Waals surface area (Å²) in [6.07, 6.45) is -0.561. The van der Waals surface area contributed by atoms with Gasteiger partial charge in [0.2, 0.25) is 0 Å². The molecule has 5 unspecified atom stereocenters. The van der Waals surface area contributed by atoms with Gasteiger partial charge in [-0.3, -0.25) is 9.83 Å². The van der Waals surface area contributed by atoms with Gasteiger partial charge in [0.25, 0.3) is 0 Å². The highest BCUT2D eigenvalue weighted by Gasteiger charge is 2.69. The Kier molecular flexibility index (Phi) is 3.39. The summed E-state index contributed by atoms with van der Waals surface area (Å²) in [7, 11) is 0. The van der Waals surface area contributed by atoms with Crippen molar-refractivity contribution in [1.29, 1.82) is 0 Å². The predicted octanol–water partition coefficient (Wildman–Crippen LogP) is 0.334. The van der Waals surface area contributed by atoms with Crippen molar-refractivity contribution in [3.63, 3.8) is 0 Å². The molecule has 7 nitrogen and oxygen atoms in total. The zero-order valence-corrected chi connectivity index (χ0v) is 11.6. The summed E-state index contributed by atoms with van der Waals surface area (Å²) in [5, 5.41) is 8.25. The van der Waals surface area contributed by atoms with Crippen LogP contribution < -0.4 is 5.26 Å². The zero-order valence-electron chi connectivity index (χ0n) is 10.7. The number of fused-ring (bicyclic) bond motifs is 1. The van der Waals surface area contributed by atoms with Crippen LogP contribution in [0.1, 0.15) is 19.8 Å². The molecule has 5 atom stereocenters. The van der Waals surface area contributed by atoms with E-state index in [0.717, 1.165) is 0 Å². The van der Waals surface area contributed by atoms with Crippen molar-refractivity contribution in [3.8, 4) is 0 Å². The summed E-state index contributed by atoms with van der Waals surface area (Å²) in [5.41, 5.74) is -0.557. The molecule has 0 spiro atoms. The van der Waals surface area contributed by atoms with E-state index in [1.165, 1.54) is 0 Å². The van der Waals surface area contributed by atoms with E-state index in [1.807, 2.05) is 0 Å². The third kappa shape index (κ3) is 2.20. The lowest BCUT2D eigenvalue weighted by molar-refractivity contribution is -0.777. The van der Waals surface area contributed by atoms with Gasteiger partial charge in [-0.05, 0) is 12.8 Å². The fraction of sp³-hybridized carbons (Fsp3) is 0.818. The largest absolute Gasteiger partial charge is 0.691 e. The first-order valence-electron chi connectivity index (χ1n) is 6.22. The average Bonchev–Trinajstić information content (AvgIpc) is 2.96. The Morgan fingerprint density at radius 1 is 1.52 bits per heavy atom. The summed E-state index contributed by atoms with van der Waals surface area (Å²) >= 11 is -0.741. The summed E-state index contributed by atoms with van der Waals surface area (Å²) in [4.78, 5) is 23.1. The minimum atomic E-state index is -4.09. The van der Waals surface area contributed by atoms with Gasteiger partial charge in [0.05, 0.1) is 5.92 Å². The molecular weight excluding hydrogens is 314 g/mol. The molecule has 3 aliphatic rings.